The van der Waals surface area contributed by atoms with Crippen molar-refractivity contribution in [1.29, 1.82) is 0 Å². The molecule has 0 aromatic carbocycles. The van der Waals surface area contributed by atoms with Gasteiger partial charge in [0.15, 0.2) is 0 Å². The second-order valence-corrected chi connectivity index (χ2v) is 2.57. The number of carbonyl (C=O) groups excluding carboxylic acids is 1. The molecule has 1 fully saturated rings. The molecule has 0 aromatic rings. The van der Waals surface area contributed by atoms with Crippen LogP contribution in [0.1, 0.15) is 6.42 Å². The Labute approximate surface area is 64.6 Å². The molecule has 60 valence electrons. The second kappa shape index (κ2) is 3.33. The second-order valence-electron chi connectivity index (χ2n) is 2.57. The highest BCUT2D eigenvalue weighted by atomic mass is 19.1. The predicted molar refractivity (Wildman–Crippen MR) is 39.3 cm³/mol. The maximum atomic E-state index is 12.5. The van der Waals surface area contributed by atoms with Gasteiger partial charge in [-0.2, -0.15) is 0 Å². The highest BCUT2D eigenvalue weighted by Gasteiger charge is 2.27. The van der Waals surface area contributed by atoms with Crippen molar-refractivity contribution >= 4 is 5.91 Å². The summed E-state index contributed by atoms with van der Waals surface area (Å²) in [5, 5.41) is 0. The van der Waals surface area contributed by atoms with Gasteiger partial charge >= 0.3 is 12.5 Å². The zero-order chi connectivity index (χ0) is 8.27. The normalized spacial score (nSPS) is 23.3. The van der Waals surface area contributed by atoms with Crippen LogP contribution in [-0.4, -0.2) is 36.6 Å². The van der Waals surface area contributed by atoms with Crippen molar-refractivity contribution in [3.8, 4) is 6.57 Å². The van der Waals surface area contributed by atoms with Gasteiger partial charge in [-0.3, -0.25) is 4.79 Å². The van der Waals surface area contributed by atoms with E-state index in [1.165, 1.54) is 4.90 Å². The number of amides is 1. The molecule has 0 bridgehead atoms. The summed E-state index contributed by atoms with van der Waals surface area (Å²) in [5.74, 6) is -0.187. The van der Waals surface area contributed by atoms with Crippen LogP contribution in [0.25, 0.3) is 4.85 Å². The third-order valence-corrected chi connectivity index (χ3v) is 1.71. The number of nitrogens with zero attached hydrogens (tertiary/aromatic N) is 2. The molecule has 0 N–H and O–H groups in total. The van der Waals surface area contributed by atoms with Gasteiger partial charge in [0, 0.05) is 6.54 Å². The zero-order valence-corrected chi connectivity index (χ0v) is 6.16. The first kappa shape index (κ1) is 7.99. The number of likely N-dealkylation sites (tertiary alicyclic amines) is 1. The van der Waals surface area contributed by atoms with Crippen LogP contribution >= 0.6 is 0 Å². The Bertz CT molecular complexity index is 199. The van der Waals surface area contributed by atoms with E-state index in [0.717, 1.165) is 0 Å². The summed E-state index contributed by atoms with van der Waals surface area (Å²) in [6.07, 6.45) is -0.423. The van der Waals surface area contributed by atoms with Gasteiger partial charge in [-0.25, -0.2) is 4.39 Å². The third-order valence-electron chi connectivity index (χ3n) is 1.71. The van der Waals surface area contributed by atoms with Gasteiger partial charge in [-0.1, -0.05) is 4.85 Å². The molecule has 0 radical (unpaired) electrons. The van der Waals surface area contributed by atoms with Gasteiger partial charge < -0.3 is 4.90 Å². The van der Waals surface area contributed by atoms with Crippen molar-refractivity contribution < 1.29 is 9.18 Å². The largest absolute Gasteiger partial charge is 0.339 e. The average molecular weight is 157 g/mol. The van der Waals surface area contributed by atoms with Crippen molar-refractivity contribution in [2.75, 3.05) is 19.6 Å². The zero-order valence-electron chi connectivity index (χ0n) is 6.16. The number of alkyl halides is 1. The molecule has 1 saturated heterocycles. The van der Waals surface area contributed by atoms with E-state index in [-0.39, 0.29) is 19.0 Å². The molecule has 11 heavy (non-hydrogen) atoms. The minimum absolute atomic E-state index is 0.0350. The molecule has 1 aliphatic heterocycles. The van der Waals surface area contributed by atoms with Gasteiger partial charge in [0.1, 0.15) is 6.17 Å². The SMILES string of the molecule is C#[N+]CC(=O)N1CC[C@@H](F)C1. The lowest BCUT2D eigenvalue weighted by Crippen LogP contribution is -2.30. The van der Waals surface area contributed by atoms with Crippen molar-refractivity contribution in [3.63, 3.8) is 0 Å². The fraction of sp³-hybridized carbons (Fsp3) is 0.714. The van der Waals surface area contributed by atoms with Gasteiger partial charge in [0.2, 0.25) is 0 Å². The topological polar surface area (TPSA) is 24.7 Å². The van der Waals surface area contributed by atoms with Crippen molar-refractivity contribution in [3.05, 3.63) is 4.85 Å². The highest BCUT2D eigenvalue weighted by molar-refractivity contribution is 5.80. The van der Waals surface area contributed by atoms with Gasteiger partial charge in [0.25, 0.3) is 6.57 Å². The standard InChI is InChI=1S/C7H10FN2O/c1-9-4-7(11)10-3-2-6(8)5-10/h1,6H,2-5H2/q+1/t6-/m1/s1. The average Bonchev–Trinajstić information content (AvgIpc) is 2.36. The van der Waals surface area contributed by atoms with Crippen LogP contribution in [-0.2, 0) is 4.79 Å². The molecule has 0 spiro atoms. The van der Waals surface area contributed by atoms with Gasteiger partial charge in [0.05, 0.1) is 6.54 Å². The van der Waals surface area contributed by atoms with E-state index in [4.69, 9.17) is 6.57 Å². The molecule has 1 rings (SSSR count). The van der Waals surface area contributed by atoms with E-state index in [1.807, 2.05) is 0 Å². The summed E-state index contributed by atoms with van der Waals surface area (Å²) in [6.45, 7) is 5.48. The molecule has 1 amide bonds. The van der Waals surface area contributed by atoms with Crippen LogP contribution in [0.2, 0.25) is 0 Å². The lowest BCUT2D eigenvalue weighted by atomic mass is 10.3. The molecule has 4 heteroatoms. The molecule has 0 saturated carbocycles. The maximum absolute atomic E-state index is 12.5. The molecular formula is C7H10FN2O+. The lowest BCUT2D eigenvalue weighted by Gasteiger charge is -2.09. The predicted octanol–water partition coefficient (Wildman–Crippen LogP) is 0.519. The molecule has 3 nitrogen and oxygen atoms in total. The maximum Gasteiger partial charge on any atom is 0.339 e. The Morgan fingerprint density at radius 3 is 3.00 bits per heavy atom. The Kier molecular flexibility index (Phi) is 2.42. The summed E-state index contributed by atoms with van der Waals surface area (Å²) in [7, 11) is 0. The van der Waals surface area contributed by atoms with E-state index in [9.17, 15) is 9.18 Å². The minimum atomic E-state index is -0.864. The van der Waals surface area contributed by atoms with Crippen molar-refractivity contribution in [2.24, 2.45) is 0 Å². The van der Waals surface area contributed by atoms with Crippen LogP contribution in [0.15, 0.2) is 0 Å². The highest BCUT2D eigenvalue weighted by Crippen LogP contribution is 2.11. The molecule has 1 atom stereocenters. The Morgan fingerprint density at radius 2 is 2.55 bits per heavy atom. The van der Waals surface area contributed by atoms with Gasteiger partial charge in [-0.15, -0.1) is 0 Å². The van der Waals surface area contributed by atoms with Crippen molar-refractivity contribution in [1.82, 2.24) is 4.90 Å². The molecule has 0 unspecified atom stereocenters. The fourth-order valence-electron chi connectivity index (χ4n) is 1.12. The molecule has 0 aromatic heterocycles. The van der Waals surface area contributed by atoms with E-state index >= 15 is 0 Å². The lowest BCUT2D eigenvalue weighted by molar-refractivity contribution is -0.128. The first-order valence-corrected chi connectivity index (χ1v) is 3.52. The number of hydrogen-bond acceptors (Lipinski definition) is 1. The monoisotopic (exact) mass is 157 g/mol. The van der Waals surface area contributed by atoms with Crippen LogP contribution in [0.5, 0.6) is 0 Å². The Hall–Kier alpha value is -1.11. The van der Waals surface area contributed by atoms with Gasteiger partial charge in [-0.05, 0) is 6.42 Å². The minimum Gasteiger partial charge on any atom is -0.333 e. The van der Waals surface area contributed by atoms with E-state index in [1.54, 1.807) is 0 Å². The molecule has 1 aliphatic rings. The fourth-order valence-corrected chi connectivity index (χ4v) is 1.12. The molecular weight excluding hydrogens is 147 g/mol. The number of carbonyl (C=O) groups is 1. The quantitative estimate of drug-likeness (QED) is 0.544. The first-order chi connectivity index (χ1) is 5.24. The summed E-state index contributed by atoms with van der Waals surface area (Å²) in [6, 6.07) is 0. The Balaban J connectivity index is 2.38. The summed E-state index contributed by atoms with van der Waals surface area (Å²) in [4.78, 5) is 15.6. The van der Waals surface area contributed by atoms with E-state index in [2.05, 4.69) is 4.85 Å². The number of rotatable bonds is 1. The summed E-state index contributed by atoms with van der Waals surface area (Å²) >= 11 is 0. The van der Waals surface area contributed by atoms with Crippen LogP contribution in [0.4, 0.5) is 4.39 Å². The first-order valence-electron chi connectivity index (χ1n) is 3.52. The summed E-state index contributed by atoms with van der Waals surface area (Å²) in [5.41, 5.74) is 0. The Morgan fingerprint density at radius 1 is 1.82 bits per heavy atom. The number of halogens is 1. The molecule has 1 heterocycles. The smallest absolute Gasteiger partial charge is 0.333 e. The van der Waals surface area contributed by atoms with E-state index in [0.29, 0.717) is 13.0 Å². The summed E-state index contributed by atoms with van der Waals surface area (Å²) < 4.78 is 12.5. The van der Waals surface area contributed by atoms with E-state index < -0.39 is 6.17 Å². The van der Waals surface area contributed by atoms with Crippen molar-refractivity contribution in [2.45, 2.75) is 12.6 Å². The van der Waals surface area contributed by atoms with Crippen LogP contribution in [0, 0.1) is 6.57 Å². The third kappa shape index (κ3) is 1.90. The number of hydrogen-bond donors (Lipinski definition) is 0. The van der Waals surface area contributed by atoms with Crippen LogP contribution < -0.4 is 0 Å². The molecule has 0 aliphatic carbocycles. The van der Waals surface area contributed by atoms with Crippen LogP contribution in [0.3, 0.4) is 0 Å².